The van der Waals surface area contributed by atoms with Gasteiger partial charge in [0.15, 0.2) is 5.82 Å². The molecule has 2 aromatic carbocycles. The van der Waals surface area contributed by atoms with Crippen LogP contribution in [0.2, 0.25) is 0 Å². The van der Waals surface area contributed by atoms with Gasteiger partial charge in [-0.1, -0.05) is 37.3 Å². The first-order valence-electron chi connectivity index (χ1n) is 11.7. The van der Waals surface area contributed by atoms with Crippen molar-refractivity contribution in [3.8, 4) is 10.7 Å². The van der Waals surface area contributed by atoms with Gasteiger partial charge >= 0.3 is 5.97 Å². The second-order valence-corrected chi connectivity index (χ2v) is 9.54. The molecule has 36 heavy (non-hydrogen) atoms. The molecule has 180 valence electrons. The molecule has 0 saturated heterocycles. The second kappa shape index (κ2) is 10.2. The molecular weight excluding hydrogens is 470 g/mol. The second-order valence-electron chi connectivity index (χ2n) is 8.43. The largest absolute Gasteiger partial charge is 0.481 e. The highest BCUT2D eigenvalue weighted by molar-refractivity contribution is 7.16. The number of thiophene rings is 1. The Balaban J connectivity index is 1.40. The maximum absolute atomic E-state index is 11.0. The Morgan fingerprint density at radius 1 is 1.06 bits per heavy atom. The summed E-state index contributed by atoms with van der Waals surface area (Å²) in [5, 5.41) is 13.5. The zero-order valence-electron chi connectivity index (χ0n) is 20.0. The summed E-state index contributed by atoms with van der Waals surface area (Å²) < 4.78 is 5.63. The molecule has 0 unspecified atom stereocenters. The van der Waals surface area contributed by atoms with E-state index in [-0.39, 0.29) is 6.42 Å². The number of carboxylic acid groups (broad SMARTS) is 1. The number of nitrogens with zero attached hydrogens (tertiary/aromatic N) is 2. The van der Waals surface area contributed by atoms with E-state index in [2.05, 4.69) is 36.5 Å². The average molecular weight is 496 g/mol. The number of hydrogen-bond acceptors (Lipinski definition) is 6. The van der Waals surface area contributed by atoms with E-state index < -0.39 is 5.97 Å². The van der Waals surface area contributed by atoms with Gasteiger partial charge in [0.25, 0.3) is 0 Å². The quantitative estimate of drug-likeness (QED) is 0.234. The van der Waals surface area contributed by atoms with Gasteiger partial charge < -0.3 is 14.8 Å². The van der Waals surface area contributed by atoms with Gasteiger partial charge in [-0.2, -0.15) is 0 Å². The number of fused-ring (bicyclic) bond motifs is 1. The topological polar surface area (TPSA) is 88.3 Å². The van der Waals surface area contributed by atoms with Gasteiger partial charge in [-0.25, -0.2) is 9.97 Å². The van der Waals surface area contributed by atoms with E-state index in [1.54, 1.807) is 17.6 Å². The number of benzene rings is 2. The third kappa shape index (κ3) is 5.06. The molecule has 0 atom stereocenters. The molecule has 0 bridgehead atoms. The minimum atomic E-state index is -0.844. The molecule has 3 aromatic heterocycles. The maximum atomic E-state index is 11.0. The summed E-state index contributed by atoms with van der Waals surface area (Å²) in [6.45, 7) is 4.09. The van der Waals surface area contributed by atoms with E-state index in [1.165, 1.54) is 0 Å². The maximum Gasteiger partial charge on any atom is 0.307 e. The molecule has 0 aliphatic carbocycles. The fraction of sp³-hybridized carbons (Fsp3) is 0.138. The Bertz CT molecular complexity index is 1560. The van der Waals surface area contributed by atoms with Crippen LogP contribution in [0.1, 0.15) is 34.2 Å². The minimum Gasteiger partial charge on any atom is -0.481 e. The van der Waals surface area contributed by atoms with Gasteiger partial charge in [0, 0.05) is 32.8 Å². The summed E-state index contributed by atoms with van der Waals surface area (Å²) in [7, 11) is 0. The molecule has 2 N–H and O–H groups in total. The van der Waals surface area contributed by atoms with Crippen LogP contribution in [-0.2, 0) is 17.6 Å². The van der Waals surface area contributed by atoms with Crippen LogP contribution in [0.15, 0.2) is 71.3 Å². The SMILES string of the molecule is CCc1c(C)nc(-c2ccc(C=Cc3coc4ccccc34)s2)nc1Nc1ccc(CC(=O)O)cc1. The minimum absolute atomic E-state index is 0.00321. The molecule has 7 heteroatoms. The number of furan rings is 1. The van der Waals surface area contributed by atoms with Crippen molar-refractivity contribution >= 4 is 51.9 Å². The average Bonchev–Trinajstić information content (AvgIpc) is 3.51. The Morgan fingerprint density at radius 3 is 2.64 bits per heavy atom. The zero-order valence-corrected chi connectivity index (χ0v) is 20.8. The predicted molar refractivity (Wildman–Crippen MR) is 146 cm³/mol. The van der Waals surface area contributed by atoms with Crippen LogP contribution in [0.5, 0.6) is 0 Å². The van der Waals surface area contributed by atoms with E-state index >= 15 is 0 Å². The molecule has 0 fully saturated rings. The molecule has 0 amide bonds. The molecule has 0 aliphatic heterocycles. The van der Waals surface area contributed by atoms with Crippen molar-refractivity contribution in [2.24, 2.45) is 0 Å². The first-order valence-corrected chi connectivity index (χ1v) is 12.5. The Kier molecular flexibility index (Phi) is 6.64. The number of hydrogen-bond donors (Lipinski definition) is 2. The van der Waals surface area contributed by atoms with E-state index in [9.17, 15) is 4.79 Å². The molecule has 6 nitrogen and oxygen atoms in total. The van der Waals surface area contributed by atoms with Crippen molar-refractivity contribution in [1.29, 1.82) is 0 Å². The summed E-state index contributed by atoms with van der Waals surface area (Å²) >= 11 is 1.63. The summed E-state index contributed by atoms with van der Waals surface area (Å²) in [5.41, 5.74) is 5.51. The van der Waals surface area contributed by atoms with E-state index in [0.717, 1.165) is 61.0 Å². The van der Waals surface area contributed by atoms with Crippen molar-refractivity contribution in [1.82, 2.24) is 9.97 Å². The highest BCUT2D eigenvalue weighted by Crippen LogP contribution is 2.31. The van der Waals surface area contributed by atoms with Crippen molar-refractivity contribution < 1.29 is 14.3 Å². The lowest BCUT2D eigenvalue weighted by Crippen LogP contribution is -2.05. The Morgan fingerprint density at radius 2 is 1.86 bits per heavy atom. The van der Waals surface area contributed by atoms with Crippen molar-refractivity contribution in [3.05, 3.63) is 94.2 Å². The number of rotatable bonds is 8. The van der Waals surface area contributed by atoms with Crippen LogP contribution >= 0.6 is 11.3 Å². The number of para-hydroxylation sites is 1. The van der Waals surface area contributed by atoms with Crippen LogP contribution in [-0.4, -0.2) is 21.0 Å². The van der Waals surface area contributed by atoms with Crippen LogP contribution in [0.25, 0.3) is 33.8 Å². The number of nitrogens with one attached hydrogen (secondary N) is 1. The number of aryl methyl sites for hydroxylation is 1. The Hall–Kier alpha value is -4.23. The first kappa shape index (κ1) is 23.5. The van der Waals surface area contributed by atoms with E-state index in [0.29, 0.717) is 5.82 Å². The highest BCUT2D eigenvalue weighted by Gasteiger charge is 2.14. The molecule has 0 radical (unpaired) electrons. The fourth-order valence-electron chi connectivity index (χ4n) is 4.11. The smallest absolute Gasteiger partial charge is 0.307 e. The van der Waals surface area contributed by atoms with Crippen molar-refractivity contribution in [3.63, 3.8) is 0 Å². The third-order valence-corrected chi connectivity index (χ3v) is 6.97. The third-order valence-electron chi connectivity index (χ3n) is 5.92. The lowest BCUT2D eigenvalue weighted by Gasteiger charge is -2.14. The van der Waals surface area contributed by atoms with Crippen LogP contribution in [0.3, 0.4) is 0 Å². The van der Waals surface area contributed by atoms with Gasteiger partial charge in [-0.05, 0) is 61.4 Å². The number of aliphatic carboxylic acids is 1. The summed E-state index contributed by atoms with van der Waals surface area (Å²) in [5.74, 6) is 0.595. The number of carbonyl (C=O) groups is 1. The predicted octanol–water partition coefficient (Wildman–Crippen LogP) is 7.36. The highest BCUT2D eigenvalue weighted by atomic mass is 32.1. The molecule has 5 rings (SSSR count). The number of carboxylic acids is 1. The number of anilines is 2. The van der Waals surface area contributed by atoms with E-state index in [1.807, 2.05) is 55.5 Å². The molecule has 0 spiro atoms. The first-order chi connectivity index (χ1) is 17.5. The van der Waals surface area contributed by atoms with Gasteiger partial charge in [-0.3, -0.25) is 4.79 Å². The van der Waals surface area contributed by atoms with Crippen LogP contribution in [0.4, 0.5) is 11.5 Å². The zero-order chi connectivity index (χ0) is 25.1. The molecule has 5 aromatic rings. The van der Waals surface area contributed by atoms with E-state index in [4.69, 9.17) is 19.5 Å². The standard InChI is InChI=1S/C29H25N3O3S/c1-3-23-18(2)30-29(32-28(23)31-21-11-8-19(9-12-21)16-27(33)34)26-15-14-22(36-26)13-10-20-17-35-25-7-5-4-6-24(20)25/h4-15,17H,3,16H2,1-2H3,(H,33,34)(H,30,31,32). The van der Waals surface area contributed by atoms with Crippen LogP contribution in [0, 0.1) is 6.92 Å². The fourth-order valence-corrected chi connectivity index (χ4v) is 4.96. The molecular formula is C29H25N3O3S. The Labute approximate surface area is 213 Å². The van der Waals surface area contributed by atoms with Gasteiger partial charge in [0.05, 0.1) is 17.6 Å². The summed E-state index contributed by atoms with van der Waals surface area (Å²) in [4.78, 5) is 22.7. The van der Waals surface area contributed by atoms with Gasteiger partial charge in [-0.15, -0.1) is 11.3 Å². The number of aromatic nitrogens is 2. The normalized spacial score (nSPS) is 11.4. The lowest BCUT2D eigenvalue weighted by molar-refractivity contribution is -0.136. The van der Waals surface area contributed by atoms with Gasteiger partial charge in [0.2, 0.25) is 0 Å². The summed E-state index contributed by atoms with van der Waals surface area (Å²) in [6.07, 6.45) is 6.72. The molecule has 3 heterocycles. The molecule has 0 saturated carbocycles. The van der Waals surface area contributed by atoms with Crippen molar-refractivity contribution in [2.45, 2.75) is 26.7 Å². The van der Waals surface area contributed by atoms with Crippen molar-refractivity contribution in [2.75, 3.05) is 5.32 Å². The monoisotopic (exact) mass is 495 g/mol. The summed E-state index contributed by atoms with van der Waals surface area (Å²) in [6, 6.07) is 19.5. The molecule has 0 aliphatic rings. The van der Waals surface area contributed by atoms with Gasteiger partial charge in [0.1, 0.15) is 11.4 Å². The van der Waals surface area contributed by atoms with Crippen LogP contribution < -0.4 is 5.32 Å². The lowest BCUT2D eigenvalue weighted by atomic mass is 10.1.